The van der Waals surface area contributed by atoms with E-state index in [1.807, 2.05) is 4.90 Å². The van der Waals surface area contributed by atoms with Crippen LogP contribution < -0.4 is 4.90 Å². The molecule has 0 N–H and O–H groups in total. The maximum absolute atomic E-state index is 13.8. The molecule has 1 saturated heterocycles. The van der Waals surface area contributed by atoms with E-state index in [9.17, 15) is 17.2 Å². The van der Waals surface area contributed by atoms with E-state index in [4.69, 9.17) is 23.2 Å². The Morgan fingerprint density at radius 3 is 2.20 bits per heavy atom. The van der Waals surface area contributed by atoms with E-state index in [2.05, 4.69) is 0 Å². The number of rotatable bonds is 3. The van der Waals surface area contributed by atoms with Crippen LogP contribution in [0, 0.1) is 11.6 Å². The molecule has 1 fully saturated rings. The standard InChI is InChI=1S/C16H14Cl2F2N2O2S/c17-13-3-2-12(10-14(13)18)21-5-7-22(8-6-21)25(23,24)16-9-11(19)1-4-15(16)20/h1-4,9-10H,5-8H2. The van der Waals surface area contributed by atoms with Crippen LogP contribution in [-0.4, -0.2) is 38.9 Å². The van der Waals surface area contributed by atoms with Crippen molar-refractivity contribution in [2.75, 3.05) is 31.1 Å². The van der Waals surface area contributed by atoms with Gasteiger partial charge >= 0.3 is 0 Å². The van der Waals surface area contributed by atoms with Gasteiger partial charge in [-0.05, 0) is 36.4 Å². The zero-order valence-electron chi connectivity index (χ0n) is 12.9. The van der Waals surface area contributed by atoms with Crippen LogP contribution in [-0.2, 0) is 10.0 Å². The van der Waals surface area contributed by atoms with Crippen LogP contribution in [0.5, 0.6) is 0 Å². The monoisotopic (exact) mass is 406 g/mol. The van der Waals surface area contributed by atoms with Crippen molar-refractivity contribution < 1.29 is 17.2 Å². The Bertz CT molecular complexity index is 901. The first-order chi connectivity index (χ1) is 11.8. The van der Waals surface area contributed by atoms with Crippen molar-refractivity contribution in [1.29, 1.82) is 0 Å². The fraction of sp³-hybridized carbons (Fsp3) is 0.250. The second-order valence-electron chi connectivity index (χ2n) is 5.56. The minimum atomic E-state index is -4.09. The van der Waals surface area contributed by atoms with E-state index >= 15 is 0 Å². The smallest absolute Gasteiger partial charge is 0.246 e. The second kappa shape index (κ2) is 7.07. The zero-order valence-corrected chi connectivity index (χ0v) is 15.3. The predicted octanol–water partition coefficient (Wildman–Crippen LogP) is 3.78. The molecule has 4 nitrogen and oxygen atoms in total. The number of piperazine rings is 1. The zero-order chi connectivity index (χ0) is 18.2. The number of nitrogens with zero attached hydrogens (tertiary/aromatic N) is 2. The van der Waals surface area contributed by atoms with Crippen molar-refractivity contribution in [3.05, 3.63) is 58.1 Å². The van der Waals surface area contributed by atoms with Gasteiger partial charge in [0.05, 0.1) is 10.0 Å². The van der Waals surface area contributed by atoms with E-state index in [0.29, 0.717) is 29.2 Å². The lowest BCUT2D eigenvalue weighted by atomic mass is 10.2. The first kappa shape index (κ1) is 18.4. The molecule has 25 heavy (non-hydrogen) atoms. The molecule has 1 aliphatic heterocycles. The van der Waals surface area contributed by atoms with E-state index < -0.39 is 26.6 Å². The third-order valence-corrected chi connectivity index (χ3v) is 6.67. The van der Waals surface area contributed by atoms with Crippen LogP contribution in [0.15, 0.2) is 41.3 Å². The minimum Gasteiger partial charge on any atom is -0.369 e. The normalized spacial score (nSPS) is 16.2. The highest BCUT2D eigenvalue weighted by Gasteiger charge is 2.31. The number of sulfonamides is 1. The predicted molar refractivity (Wildman–Crippen MR) is 93.8 cm³/mol. The van der Waals surface area contributed by atoms with Gasteiger partial charge in [-0.25, -0.2) is 17.2 Å². The molecule has 0 spiro atoms. The molecule has 1 heterocycles. The summed E-state index contributed by atoms with van der Waals surface area (Å²) >= 11 is 11.9. The highest BCUT2D eigenvalue weighted by atomic mass is 35.5. The van der Waals surface area contributed by atoms with Crippen LogP contribution in [0.3, 0.4) is 0 Å². The van der Waals surface area contributed by atoms with Crippen LogP contribution in [0.4, 0.5) is 14.5 Å². The summed E-state index contributed by atoms with van der Waals surface area (Å²) < 4.78 is 53.4. The molecule has 0 saturated carbocycles. The SMILES string of the molecule is O=S(=O)(c1cc(F)ccc1F)N1CCN(c2ccc(Cl)c(Cl)c2)CC1. The number of anilines is 1. The third kappa shape index (κ3) is 3.74. The molecule has 0 amide bonds. The Kier molecular flexibility index (Phi) is 5.20. The number of hydrogen-bond acceptors (Lipinski definition) is 3. The molecule has 0 aromatic heterocycles. The van der Waals surface area contributed by atoms with Gasteiger partial charge in [-0.15, -0.1) is 0 Å². The molecule has 0 radical (unpaired) electrons. The molecule has 2 aromatic carbocycles. The molecule has 134 valence electrons. The number of halogens is 4. The molecule has 3 rings (SSSR count). The fourth-order valence-electron chi connectivity index (χ4n) is 2.68. The van der Waals surface area contributed by atoms with Crippen molar-refractivity contribution in [1.82, 2.24) is 4.31 Å². The van der Waals surface area contributed by atoms with Gasteiger partial charge in [0, 0.05) is 31.9 Å². The maximum Gasteiger partial charge on any atom is 0.246 e. The summed E-state index contributed by atoms with van der Waals surface area (Å²) in [5.41, 5.74) is 0.823. The molecular weight excluding hydrogens is 393 g/mol. The van der Waals surface area contributed by atoms with Gasteiger partial charge in [0.2, 0.25) is 10.0 Å². The Balaban J connectivity index is 1.77. The van der Waals surface area contributed by atoms with Gasteiger partial charge in [0.15, 0.2) is 0 Å². The molecule has 0 bridgehead atoms. The van der Waals surface area contributed by atoms with Crippen LogP contribution in [0.1, 0.15) is 0 Å². The highest BCUT2D eigenvalue weighted by Crippen LogP contribution is 2.29. The van der Waals surface area contributed by atoms with Crippen LogP contribution in [0.25, 0.3) is 0 Å². The summed E-state index contributed by atoms with van der Waals surface area (Å²) in [6, 6.07) is 7.58. The summed E-state index contributed by atoms with van der Waals surface area (Å²) in [6.07, 6.45) is 0. The molecular formula is C16H14Cl2F2N2O2S. The molecule has 9 heteroatoms. The Hall–Kier alpha value is -1.41. The van der Waals surface area contributed by atoms with Gasteiger partial charge in [-0.3, -0.25) is 0 Å². The average molecular weight is 407 g/mol. The first-order valence-electron chi connectivity index (χ1n) is 7.44. The lowest BCUT2D eigenvalue weighted by molar-refractivity contribution is 0.382. The van der Waals surface area contributed by atoms with Gasteiger partial charge in [-0.2, -0.15) is 4.31 Å². The highest BCUT2D eigenvalue weighted by molar-refractivity contribution is 7.89. The summed E-state index contributed by atoms with van der Waals surface area (Å²) in [5.74, 6) is -1.76. The minimum absolute atomic E-state index is 0.151. The average Bonchev–Trinajstić information content (AvgIpc) is 2.59. The number of hydrogen-bond donors (Lipinski definition) is 0. The van der Waals surface area contributed by atoms with Gasteiger partial charge in [0.1, 0.15) is 16.5 Å². The quantitative estimate of drug-likeness (QED) is 0.778. The molecule has 0 atom stereocenters. The van der Waals surface area contributed by atoms with Crippen molar-refractivity contribution in [2.24, 2.45) is 0 Å². The van der Waals surface area contributed by atoms with Gasteiger partial charge in [0.25, 0.3) is 0 Å². The van der Waals surface area contributed by atoms with Gasteiger partial charge in [-0.1, -0.05) is 23.2 Å². The van der Waals surface area contributed by atoms with E-state index in [1.165, 1.54) is 0 Å². The number of benzene rings is 2. The molecule has 0 unspecified atom stereocenters. The van der Waals surface area contributed by atoms with Crippen LogP contribution in [0.2, 0.25) is 10.0 Å². The fourth-order valence-corrected chi connectivity index (χ4v) is 4.47. The summed E-state index contributed by atoms with van der Waals surface area (Å²) in [4.78, 5) is 1.31. The molecule has 0 aliphatic carbocycles. The Labute approximate surface area is 154 Å². The molecule has 1 aliphatic rings. The van der Waals surface area contributed by atoms with E-state index in [-0.39, 0.29) is 13.1 Å². The lowest BCUT2D eigenvalue weighted by Crippen LogP contribution is -2.48. The Morgan fingerprint density at radius 2 is 1.56 bits per heavy atom. The molecule has 2 aromatic rings. The third-order valence-electron chi connectivity index (χ3n) is 4.02. The second-order valence-corrected chi connectivity index (χ2v) is 8.29. The lowest BCUT2D eigenvalue weighted by Gasteiger charge is -2.35. The van der Waals surface area contributed by atoms with Crippen molar-refractivity contribution in [3.63, 3.8) is 0 Å². The van der Waals surface area contributed by atoms with Crippen molar-refractivity contribution >= 4 is 38.9 Å². The Morgan fingerprint density at radius 1 is 0.880 bits per heavy atom. The first-order valence-corrected chi connectivity index (χ1v) is 9.64. The largest absolute Gasteiger partial charge is 0.369 e. The van der Waals surface area contributed by atoms with Gasteiger partial charge < -0.3 is 4.90 Å². The van der Waals surface area contributed by atoms with Crippen molar-refractivity contribution in [3.8, 4) is 0 Å². The topological polar surface area (TPSA) is 40.6 Å². The van der Waals surface area contributed by atoms with Crippen LogP contribution >= 0.6 is 23.2 Å². The van der Waals surface area contributed by atoms with Crippen molar-refractivity contribution in [2.45, 2.75) is 4.90 Å². The van der Waals surface area contributed by atoms with E-state index in [1.54, 1.807) is 18.2 Å². The maximum atomic E-state index is 13.8. The summed E-state index contributed by atoms with van der Waals surface area (Å²) in [5, 5.41) is 0.851. The summed E-state index contributed by atoms with van der Waals surface area (Å²) in [6.45, 7) is 1.10. The summed E-state index contributed by atoms with van der Waals surface area (Å²) in [7, 11) is -4.09. The van der Waals surface area contributed by atoms with E-state index in [0.717, 1.165) is 22.1 Å².